The number of nitrogens with zero attached hydrogens (tertiary/aromatic N) is 4. The number of hydrogen-bond acceptors (Lipinski definition) is 20. The summed E-state index contributed by atoms with van der Waals surface area (Å²) in [5.41, 5.74) is 2.62. The summed E-state index contributed by atoms with van der Waals surface area (Å²) in [5.74, 6) is -4.72. The van der Waals surface area contributed by atoms with Crippen molar-refractivity contribution < 1.29 is 76.9 Å². The molecule has 0 bridgehead atoms. The average Bonchev–Trinajstić information content (AvgIpc) is 3.39. The fourth-order valence-corrected chi connectivity index (χ4v) is 11.4. The van der Waals surface area contributed by atoms with E-state index in [1.54, 1.807) is 66.3 Å². The number of ether oxygens (including phenoxy) is 8. The van der Waals surface area contributed by atoms with Crippen LogP contribution in [0.15, 0.2) is 58.1 Å². The lowest BCUT2D eigenvalue weighted by Crippen LogP contribution is -2.48. The van der Waals surface area contributed by atoms with E-state index in [1.807, 2.05) is 13.8 Å². The molecule has 10 rings (SSSR count). The Morgan fingerprint density at radius 1 is 0.614 bits per heavy atom. The zero-order valence-corrected chi connectivity index (χ0v) is 46.4. The lowest BCUT2D eigenvalue weighted by Gasteiger charge is -2.35. The molecule has 0 spiro atoms. The quantitative estimate of drug-likeness (QED) is 0.0405. The smallest absolute Gasteiger partial charge is 0.355 e. The maximum Gasteiger partial charge on any atom is 0.355 e. The number of fused-ring (bicyclic) bond motifs is 10. The van der Waals surface area contributed by atoms with Crippen molar-refractivity contribution in [3.8, 4) is 34.3 Å². The predicted molar refractivity (Wildman–Crippen MR) is 293 cm³/mol. The molecular weight excluding hydrogens is 1080 g/mol. The van der Waals surface area contributed by atoms with Gasteiger partial charge >= 0.3 is 23.9 Å². The van der Waals surface area contributed by atoms with Crippen molar-refractivity contribution in [1.82, 2.24) is 29.7 Å². The fraction of sp³-hybridized carbons (Fsp3) is 0.424. The third kappa shape index (κ3) is 10.8. The van der Waals surface area contributed by atoms with Gasteiger partial charge in [0.1, 0.15) is 51.0 Å². The van der Waals surface area contributed by atoms with Crippen molar-refractivity contribution in [3.63, 3.8) is 0 Å². The third-order valence-electron chi connectivity index (χ3n) is 15.5. The number of benzene rings is 2. The Morgan fingerprint density at radius 2 is 1.05 bits per heavy atom. The highest BCUT2D eigenvalue weighted by molar-refractivity contribution is 5.93. The SMILES string of the molecule is CCc1c2c(nc3ccc(O)cc13)-c1cc3c(c(=O)n1C2)COC(=O)[C@@]3(CC)OC(=O)CNC(=O)COCCOCC(C)OCCOCC(=O)NCC(=O)O[C@]1(CC)C(=O)OCc2c1cc1n(c2=O)Cc2c-1nc1ccc(O)cc1c2CC. The molecule has 436 valence electrons. The van der Waals surface area contributed by atoms with Crippen LogP contribution in [0.2, 0.25) is 0 Å². The molecule has 2 aromatic carbocycles. The molecule has 1 unspecified atom stereocenters. The van der Waals surface area contributed by atoms with E-state index < -0.39 is 90.4 Å². The molecule has 3 atom stereocenters. The van der Waals surface area contributed by atoms with Gasteiger partial charge in [-0.1, -0.05) is 27.7 Å². The van der Waals surface area contributed by atoms with Crippen molar-refractivity contribution in [2.45, 2.75) is 104 Å². The van der Waals surface area contributed by atoms with Gasteiger partial charge in [-0.05, 0) is 92.3 Å². The summed E-state index contributed by atoms with van der Waals surface area (Å²) >= 11 is 0. The number of pyridine rings is 4. The molecule has 4 aliphatic heterocycles. The molecule has 0 aliphatic carbocycles. The number of phenolic OH excluding ortho intramolecular Hbond substituents is 2. The van der Waals surface area contributed by atoms with E-state index in [1.165, 1.54) is 12.1 Å². The molecule has 0 saturated heterocycles. The minimum absolute atomic E-state index is 0.0163. The Kier molecular flexibility index (Phi) is 16.5. The van der Waals surface area contributed by atoms with Crippen LogP contribution in [-0.4, -0.2) is 130 Å². The van der Waals surface area contributed by atoms with Crippen molar-refractivity contribution in [3.05, 3.63) is 114 Å². The van der Waals surface area contributed by atoms with E-state index in [9.17, 15) is 48.6 Å². The summed E-state index contributed by atoms with van der Waals surface area (Å²) in [5, 5.41) is 26.8. The first-order valence-corrected chi connectivity index (χ1v) is 27.5. The van der Waals surface area contributed by atoms with E-state index in [0.29, 0.717) is 46.7 Å². The van der Waals surface area contributed by atoms with E-state index in [0.717, 1.165) is 33.0 Å². The number of phenols is 2. The van der Waals surface area contributed by atoms with E-state index in [2.05, 4.69) is 10.6 Å². The Labute approximate surface area is 473 Å². The lowest BCUT2D eigenvalue weighted by molar-refractivity contribution is -0.189. The van der Waals surface area contributed by atoms with Crippen molar-refractivity contribution >= 4 is 57.5 Å². The summed E-state index contributed by atoms with van der Waals surface area (Å²) < 4.78 is 47.7. The number of hydrogen-bond donors (Lipinski definition) is 4. The number of nitrogens with one attached hydrogen (secondary N) is 2. The first-order valence-electron chi connectivity index (χ1n) is 27.5. The molecule has 4 N–H and O–H groups in total. The van der Waals surface area contributed by atoms with Crippen LogP contribution in [0.1, 0.15) is 92.0 Å². The van der Waals surface area contributed by atoms with Crippen LogP contribution in [0, 0.1) is 0 Å². The molecule has 0 saturated carbocycles. The molecule has 83 heavy (non-hydrogen) atoms. The Bertz CT molecular complexity index is 3780. The molecular formula is C59H62N6O18. The van der Waals surface area contributed by atoms with Crippen LogP contribution in [-0.2, 0) is 117 Å². The molecule has 0 radical (unpaired) electrons. The number of aromatic nitrogens is 4. The highest BCUT2D eigenvalue weighted by Crippen LogP contribution is 2.44. The first kappa shape index (κ1) is 57.6. The van der Waals surface area contributed by atoms with Crippen molar-refractivity contribution in [2.24, 2.45) is 0 Å². The van der Waals surface area contributed by atoms with Crippen LogP contribution in [0.4, 0.5) is 0 Å². The minimum atomic E-state index is -1.97. The van der Waals surface area contributed by atoms with Gasteiger partial charge < -0.3 is 67.9 Å². The number of aryl methyl sites for hydroxylation is 2. The summed E-state index contributed by atoms with van der Waals surface area (Å²) in [6.45, 7) is 7.03. The number of rotatable bonds is 23. The minimum Gasteiger partial charge on any atom is -0.508 e. The summed E-state index contributed by atoms with van der Waals surface area (Å²) in [4.78, 5) is 117. The van der Waals surface area contributed by atoms with Crippen LogP contribution in [0.25, 0.3) is 44.6 Å². The molecule has 8 heterocycles. The Morgan fingerprint density at radius 3 is 1.48 bits per heavy atom. The fourth-order valence-electron chi connectivity index (χ4n) is 11.4. The third-order valence-corrected chi connectivity index (χ3v) is 15.5. The normalized spacial score (nSPS) is 17.6. The number of carbonyl (C=O) groups is 6. The van der Waals surface area contributed by atoms with Crippen LogP contribution in [0.3, 0.4) is 0 Å². The van der Waals surface area contributed by atoms with Crippen LogP contribution in [0.5, 0.6) is 11.5 Å². The zero-order valence-electron chi connectivity index (χ0n) is 46.4. The maximum atomic E-state index is 14.0. The van der Waals surface area contributed by atoms with Gasteiger partial charge in [0.15, 0.2) is 0 Å². The van der Waals surface area contributed by atoms with Gasteiger partial charge in [-0.25, -0.2) is 19.6 Å². The van der Waals surface area contributed by atoms with Gasteiger partial charge in [-0.2, -0.15) is 0 Å². The van der Waals surface area contributed by atoms with E-state index in [-0.39, 0.29) is 106 Å². The molecule has 4 aliphatic rings. The van der Waals surface area contributed by atoms with Gasteiger partial charge in [0, 0.05) is 33.0 Å². The second kappa shape index (κ2) is 23.7. The molecule has 24 heteroatoms. The molecule has 0 fully saturated rings. The summed E-state index contributed by atoms with van der Waals surface area (Å²) in [6.07, 6.45) is 0.666. The van der Waals surface area contributed by atoms with Crippen molar-refractivity contribution in [2.75, 3.05) is 59.3 Å². The number of cyclic esters (lactones) is 2. The molecule has 24 nitrogen and oxygen atoms in total. The van der Waals surface area contributed by atoms with Crippen molar-refractivity contribution in [1.29, 1.82) is 0 Å². The highest BCUT2D eigenvalue weighted by Gasteiger charge is 2.52. The van der Waals surface area contributed by atoms with Crippen LogP contribution < -0.4 is 21.8 Å². The molecule has 6 aromatic rings. The van der Waals surface area contributed by atoms with Gasteiger partial charge in [-0.15, -0.1) is 0 Å². The predicted octanol–water partition coefficient (Wildman–Crippen LogP) is 3.50. The van der Waals surface area contributed by atoms with E-state index >= 15 is 0 Å². The number of aromatic hydroxyl groups is 2. The Balaban J connectivity index is 0.624. The maximum absolute atomic E-state index is 14.0. The Hall–Kier alpha value is -8.58. The van der Waals surface area contributed by atoms with Crippen LogP contribution >= 0.6 is 0 Å². The summed E-state index contributed by atoms with van der Waals surface area (Å²) in [6, 6.07) is 13.1. The number of carbonyl (C=O) groups excluding carboxylic acids is 6. The first-order chi connectivity index (χ1) is 39.9. The average molecular weight is 1140 g/mol. The van der Waals surface area contributed by atoms with Gasteiger partial charge in [-0.3, -0.25) is 28.8 Å². The van der Waals surface area contributed by atoms with Gasteiger partial charge in [0.2, 0.25) is 23.0 Å². The monoisotopic (exact) mass is 1140 g/mol. The largest absolute Gasteiger partial charge is 0.508 e. The standard InChI is InChI=1S/C59H62N6O18/c1-6-34-36-18-32(66)10-12-44(36)62-52-38(34)24-64-46(52)20-42-40(54(64)72)27-80-56(74)58(42,8-3)82-50(70)22-60-48(68)29-77-15-14-76-26-31(5)79-17-16-78-30-49(69)61-23-51(71)83-59(9-4)43-21-47-53-39(25-65(47)55(73)41(43)28-81-57(59)75)35(7-2)37-19-33(67)11-13-45(37)63-53/h10-13,18-21,31,66-67H,6-9,14-17,22-30H2,1-5H3,(H,60,68)(H,61,69)/t31?,58-,59-/m0/s1. The topological polar surface area (TPSA) is 311 Å². The molecule has 2 amide bonds. The zero-order chi connectivity index (χ0) is 58.9. The highest BCUT2D eigenvalue weighted by atomic mass is 16.6. The van der Waals surface area contributed by atoms with Gasteiger partial charge in [0.05, 0.1) is 97.2 Å². The lowest BCUT2D eigenvalue weighted by atomic mass is 9.85. The molecule has 4 aromatic heterocycles. The second-order valence-electron chi connectivity index (χ2n) is 20.4. The summed E-state index contributed by atoms with van der Waals surface area (Å²) in [7, 11) is 0. The second-order valence-corrected chi connectivity index (χ2v) is 20.4. The van der Waals surface area contributed by atoms with E-state index in [4.69, 9.17) is 47.9 Å². The number of amides is 2. The number of esters is 4. The van der Waals surface area contributed by atoms with Gasteiger partial charge in [0.25, 0.3) is 11.1 Å².